The minimum absolute atomic E-state index is 0.0162. The normalized spacial score (nSPS) is 15.0. The minimum Gasteiger partial charge on any atom is -0.454 e. The molecule has 2 aliphatic rings. The summed E-state index contributed by atoms with van der Waals surface area (Å²) < 4.78 is 12.5. The summed E-state index contributed by atoms with van der Waals surface area (Å²) in [5.41, 5.74) is 5.60. The molecular weight excluding hydrogens is 568 g/mol. The Morgan fingerprint density at radius 1 is 0.907 bits per heavy atom. The number of carbonyl (C=O) groups is 4. The van der Waals surface area contributed by atoms with Gasteiger partial charge in [0.15, 0.2) is 11.5 Å². The van der Waals surface area contributed by atoms with E-state index in [4.69, 9.17) is 9.47 Å². The number of benzene rings is 3. The summed E-state index contributed by atoms with van der Waals surface area (Å²) >= 11 is 0.784. The topological polar surface area (TPSA) is 119 Å². The molecule has 6 rings (SSSR count). The zero-order valence-electron chi connectivity index (χ0n) is 23.7. The maximum absolute atomic E-state index is 13.2. The van der Waals surface area contributed by atoms with Gasteiger partial charge in [-0.25, -0.2) is 0 Å². The third-order valence-corrected chi connectivity index (χ3v) is 8.10. The Hall–Kier alpha value is -5.03. The van der Waals surface area contributed by atoms with Crippen LogP contribution in [-0.2, 0) is 20.9 Å². The number of para-hydroxylation sites is 1. The highest BCUT2D eigenvalue weighted by molar-refractivity contribution is 8.18. The lowest BCUT2D eigenvalue weighted by molar-refractivity contribution is -0.127. The van der Waals surface area contributed by atoms with Crippen LogP contribution in [0.2, 0.25) is 0 Å². The Kier molecular flexibility index (Phi) is 7.41. The first-order valence-corrected chi connectivity index (χ1v) is 14.4. The van der Waals surface area contributed by atoms with Crippen molar-refractivity contribution in [1.29, 1.82) is 0 Å². The van der Waals surface area contributed by atoms with Gasteiger partial charge < -0.3 is 24.7 Å². The molecule has 0 bridgehead atoms. The molecule has 0 radical (unpaired) electrons. The Morgan fingerprint density at radius 3 is 2.42 bits per heavy atom. The molecule has 218 valence electrons. The van der Waals surface area contributed by atoms with Crippen LogP contribution in [0.5, 0.6) is 11.5 Å². The smallest absolute Gasteiger partial charge is 0.294 e. The van der Waals surface area contributed by atoms with Gasteiger partial charge in [-0.3, -0.25) is 24.1 Å². The first kappa shape index (κ1) is 28.1. The fourth-order valence-corrected chi connectivity index (χ4v) is 6.16. The fraction of sp³-hybridized carbons (Fsp3) is 0.188. The summed E-state index contributed by atoms with van der Waals surface area (Å²) in [4.78, 5) is 53.0. The maximum atomic E-state index is 13.2. The van der Waals surface area contributed by atoms with E-state index >= 15 is 0 Å². The van der Waals surface area contributed by atoms with E-state index in [1.807, 2.05) is 57.2 Å². The van der Waals surface area contributed by atoms with Gasteiger partial charge in [-0.05, 0) is 67.9 Å². The molecule has 10 nitrogen and oxygen atoms in total. The highest BCUT2D eigenvalue weighted by Crippen LogP contribution is 2.35. The number of hydrogen-bond donors (Lipinski definition) is 2. The molecule has 1 saturated heterocycles. The number of fused-ring (bicyclic) bond motifs is 2. The van der Waals surface area contributed by atoms with Crippen LogP contribution in [0.3, 0.4) is 0 Å². The van der Waals surface area contributed by atoms with Crippen molar-refractivity contribution >= 4 is 63.1 Å². The summed E-state index contributed by atoms with van der Waals surface area (Å²) in [6.07, 6.45) is 3.40. The predicted octanol–water partition coefficient (Wildman–Crippen LogP) is 5.61. The summed E-state index contributed by atoms with van der Waals surface area (Å²) in [6.45, 7) is 5.54. The number of thioether (sulfide) groups is 1. The highest BCUT2D eigenvalue weighted by atomic mass is 32.2. The lowest BCUT2D eigenvalue weighted by Crippen LogP contribution is -2.36. The number of anilines is 2. The van der Waals surface area contributed by atoms with Crippen molar-refractivity contribution in [3.8, 4) is 11.5 Å². The van der Waals surface area contributed by atoms with Crippen LogP contribution in [-0.4, -0.2) is 45.8 Å². The molecule has 11 heteroatoms. The quantitative estimate of drug-likeness (QED) is 0.266. The van der Waals surface area contributed by atoms with E-state index in [1.165, 1.54) is 0 Å². The fourth-order valence-electron chi connectivity index (χ4n) is 5.33. The molecule has 0 spiro atoms. The van der Waals surface area contributed by atoms with E-state index in [1.54, 1.807) is 35.0 Å². The van der Waals surface area contributed by atoms with Gasteiger partial charge in [0.2, 0.25) is 18.6 Å². The van der Waals surface area contributed by atoms with E-state index in [2.05, 4.69) is 10.6 Å². The number of aryl methyl sites for hydroxylation is 3. The number of amides is 4. The van der Waals surface area contributed by atoms with Crippen LogP contribution in [0.15, 0.2) is 65.7 Å². The summed E-state index contributed by atoms with van der Waals surface area (Å²) in [7, 11) is 0. The van der Waals surface area contributed by atoms with Gasteiger partial charge in [-0.15, -0.1) is 0 Å². The molecule has 4 amide bonds. The van der Waals surface area contributed by atoms with Gasteiger partial charge in [0.1, 0.15) is 13.1 Å². The zero-order valence-corrected chi connectivity index (χ0v) is 24.5. The van der Waals surface area contributed by atoms with Crippen molar-refractivity contribution in [2.45, 2.75) is 27.3 Å². The first-order valence-electron chi connectivity index (χ1n) is 13.6. The molecule has 0 unspecified atom stereocenters. The van der Waals surface area contributed by atoms with Gasteiger partial charge in [-0.2, -0.15) is 0 Å². The maximum Gasteiger partial charge on any atom is 0.294 e. The van der Waals surface area contributed by atoms with Crippen LogP contribution in [0.25, 0.3) is 17.0 Å². The third kappa shape index (κ3) is 5.71. The molecule has 2 N–H and O–H groups in total. The van der Waals surface area contributed by atoms with Crippen LogP contribution < -0.4 is 20.1 Å². The molecule has 0 atom stereocenters. The van der Waals surface area contributed by atoms with Crippen molar-refractivity contribution in [1.82, 2.24) is 9.47 Å². The van der Waals surface area contributed by atoms with Crippen molar-refractivity contribution in [2.75, 3.05) is 24.0 Å². The average Bonchev–Trinajstić information content (AvgIpc) is 3.63. The van der Waals surface area contributed by atoms with Gasteiger partial charge >= 0.3 is 0 Å². The molecule has 43 heavy (non-hydrogen) atoms. The molecule has 3 aromatic carbocycles. The van der Waals surface area contributed by atoms with Crippen LogP contribution in [0, 0.1) is 20.8 Å². The number of hydrogen-bond acceptors (Lipinski definition) is 7. The number of nitrogens with one attached hydrogen (secondary N) is 2. The van der Waals surface area contributed by atoms with Crippen molar-refractivity contribution < 1.29 is 28.7 Å². The van der Waals surface area contributed by atoms with Gasteiger partial charge in [0, 0.05) is 40.1 Å². The molecule has 1 fully saturated rings. The Balaban J connectivity index is 1.18. The number of nitrogens with zero attached hydrogens (tertiary/aromatic N) is 2. The Bertz CT molecular complexity index is 1840. The summed E-state index contributed by atoms with van der Waals surface area (Å²) in [6, 6.07) is 16.6. The third-order valence-electron chi connectivity index (χ3n) is 7.19. The van der Waals surface area contributed by atoms with Gasteiger partial charge in [0.05, 0.1) is 4.91 Å². The molecule has 2 aliphatic heterocycles. The summed E-state index contributed by atoms with van der Waals surface area (Å²) in [5, 5.41) is 6.01. The van der Waals surface area contributed by atoms with E-state index in [0.29, 0.717) is 28.4 Å². The van der Waals surface area contributed by atoms with Crippen molar-refractivity contribution in [3.05, 3.63) is 88.0 Å². The van der Waals surface area contributed by atoms with Crippen LogP contribution in [0.4, 0.5) is 16.2 Å². The zero-order chi connectivity index (χ0) is 30.2. The summed E-state index contributed by atoms with van der Waals surface area (Å²) in [5.74, 6) is -0.0565. The second-order valence-corrected chi connectivity index (χ2v) is 11.4. The van der Waals surface area contributed by atoms with Crippen molar-refractivity contribution in [2.24, 2.45) is 0 Å². The van der Waals surface area contributed by atoms with Gasteiger partial charge in [0.25, 0.3) is 11.1 Å². The SMILES string of the molecule is Cc1cc(C)c(NC(=O)CN2C(=O)S/C(=C\c3cn(CC(=O)Nc4ccc5c(c4)OCO5)c4ccccc34)C2=O)c(C)c1. The molecule has 0 aliphatic carbocycles. The average molecular weight is 597 g/mol. The standard InChI is InChI=1S/C32H28N4O6S/c1-18-10-19(2)30(20(3)11-18)34-29(38)16-36-31(39)27(43-32(36)40)12-21-14-35(24-7-5-4-6-23(21)24)15-28(37)33-22-8-9-25-26(13-22)42-17-41-25/h4-14H,15-17H2,1-3H3,(H,33,37)(H,34,38)/b27-12-. The minimum atomic E-state index is -0.542. The van der Waals surface area contributed by atoms with E-state index in [0.717, 1.165) is 44.3 Å². The van der Waals surface area contributed by atoms with Crippen LogP contribution >= 0.6 is 11.8 Å². The second-order valence-electron chi connectivity index (χ2n) is 10.4. The molecular formula is C32H28N4O6S. The molecule has 1 aromatic heterocycles. The monoisotopic (exact) mass is 596 g/mol. The number of imide groups is 1. The second kappa shape index (κ2) is 11.3. The van der Waals surface area contributed by atoms with E-state index < -0.39 is 23.6 Å². The molecule has 4 aromatic rings. The Morgan fingerprint density at radius 2 is 1.63 bits per heavy atom. The van der Waals surface area contributed by atoms with E-state index in [-0.39, 0.29) is 24.2 Å². The number of ether oxygens (including phenoxy) is 2. The number of carbonyl (C=O) groups excluding carboxylic acids is 4. The number of rotatable bonds is 7. The predicted molar refractivity (Wildman–Crippen MR) is 165 cm³/mol. The molecule has 0 saturated carbocycles. The first-order chi connectivity index (χ1) is 20.7. The van der Waals surface area contributed by atoms with Crippen LogP contribution in [0.1, 0.15) is 22.3 Å². The highest BCUT2D eigenvalue weighted by Gasteiger charge is 2.36. The largest absolute Gasteiger partial charge is 0.454 e. The Labute approximate surface area is 251 Å². The lowest BCUT2D eigenvalue weighted by Gasteiger charge is -2.15. The van der Waals surface area contributed by atoms with Gasteiger partial charge in [-0.1, -0.05) is 35.9 Å². The van der Waals surface area contributed by atoms with Crippen molar-refractivity contribution in [3.63, 3.8) is 0 Å². The molecule has 3 heterocycles. The van der Waals surface area contributed by atoms with E-state index in [9.17, 15) is 19.2 Å². The lowest BCUT2D eigenvalue weighted by atomic mass is 10.1. The number of aromatic nitrogens is 1.